The maximum Gasteiger partial charge on any atom is 0.264 e. The summed E-state index contributed by atoms with van der Waals surface area (Å²) >= 11 is 0. The number of hydrogen-bond donors (Lipinski definition) is 1. The van der Waals surface area contributed by atoms with Crippen LogP contribution in [0.2, 0.25) is 0 Å². The van der Waals surface area contributed by atoms with E-state index >= 15 is 0 Å². The summed E-state index contributed by atoms with van der Waals surface area (Å²) in [7, 11) is 1.47. The van der Waals surface area contributed by atoms with E-state index in [-0.39, 0.29) is 54.1 Å². The number of carbonyl (C=O) groups is 5. The summed E-state index contributed by atoms with van der Waals surface area (Å²) in [6.45, 7) is 3.06. The fourth-order valence-electron chi connectivity index (χ4n) is 3.46. The Bertz CT molecular complexity index is 880. The van der Waals surface area contributed by atoms with Crippen LogP contribution in [0, 0.1) is 0 Å². The number of carbonyl (C=O) groups excluding carboxylic acids is 5. The number of ether oxygens (including phenoxy) is 1. The number of anilines is 1. The lowest BCUT2D eigenvalue weighted by atomic mass is 10.0. The van der Waals surface area contributed by atoms with Gasteiger partial charge in [0.1, 0.15) is 6.04 Å². The summed E-state index contributed by atoms with van der Waals surface area (Å²) in [6.07, 6.45) is -0.268. The van der Waals surface area contributed by atoms with E-state index in [0.29, 0.717) is 0 Å². The number of nitrogens with zero attached hydrogens (tertiary/aromatic N) is 2. The van der Waals surface area contributed by atoms with Crippen molar-refractivity contribution in [2.75, 3.05) is 19.0 Å². The molecular weight excluding hydrogens is 366 g/mol. The van der Waals surface area contributed by atoms with Crippen LogP contribution in [0.25, 0.3) is 0 Å². The van der Waals surface area contributed by atoms with Crippen LogP contribution in [-0.4, -0.2) is 65.1 Å². The van der Waals surface area contributed by atoms with Crippen molar-refractivity contribution in [2.45, 2.75) is 38.8 Å². The molecular formula is C19H21N3O6. The summed E-state index contributed by atoms with van der Waals surface area (Å²) < 4.78 is 5.12. The highest BCUT2D eigenvalue weighted by Gasteiger charge is 2.47. The third kappa shape index (κ3) is 3.29. The van der Waals surface area contributed by atoms with Crippen LogP contribution in [0.1, 0.15) is 47.4 Å². The fraction of sp³-hybridized carbons (Fsp3) is 0.421. The second-order valence-electron chi connectivity index (χ2n) is 6.83. The van der Waals surface area contributed by atoms with E-state index in [4.69, 9.17) is 4.74 Å². The lowest BCUT2D eigenvalue weighted by Gasteiger charge is -2.35. The Hall–Kier alpha value is -3.07. The summed E-state index contributed by atoms with van der Waals surface area (Å²) in [6, 6.07) is 3.48. The summed E-state index contributed by atoms with van der Waals surface area (Å²) in [4.78, 5) is 64.3. The van der Waals surface area contributed by atoms with Crippen molar-refractivity contribution in [1.82, 2.24) is 9.80 Å². The third-order valence-electron chi connectivity index (χ3n) is 4.89. The molecule has 1 saturated heterocycles. The van der Waals surface area contributed by atoms with Crippen molar-refractivity contribution in [1.29, 1.82) is 0 Å². The zero-order chi connectivity index (χ0) is 20.6. The molecule has 9 nitrogen and oxygen atoms in total. The van der Waals surface area contributed by atoms with Crippen molar-refractivity contribution in [2.24, 2.45) is 0 Å². The van der Waals surface area contributed by atoms with Crippen LogP contribution in [0.4, 0.5) is 5.69 Å². The van der Waals surface area contributed by atoms with Gasteiger partial charge in [-0.3, -0.25) is 33.8 Å². The molecule has 1 aromatic carbocycles. The molecule has 2 aliphatic rings. The molecule has 0 aliphatic carbocycles. The Kier molecular flexibility index (Phi) is 5.28. The maximum atomic E-state index is 13.0. The number of benzene rings is 1. The van der Waals surface area contributed by atoms with E-state index in [2.05, 4.69) is 5.32 Å². The van der Waals surface area contributed by atoms with Gasteiger partial charge in [-0.15, -0.1) is 0 Å². The Morgan fingerprint density at radius 3 is 2.61 bits per heavy atom. The summed E-state index contributed by atoms with van der Waals surface area (Å²) in [5, 5.41) is 2.54. The molecule has 148 valence electrons. The molecule has 1 aromatic rings. The molecule has 0 radical (unpaired) electrons. The molecule has 0 saturated carbocycles. The Morgan fingerprint density at radius 1 is 1.25 bits per heavy atom. The van der Waals surface area contributed by atoms with Gasteiger partial charge in [0, 0.05) is 20.5 Å². The number of imide groups is 2. The molecule has 0 spiro atoms. The van der Waals surface area contributed by atoms with Gasteiger partial charge in [0.2, 0.25) is 11.8 Å². The van der Waals surface area contributed by atoms with Gasteiger partial charge in [-0.25, -0.2) is 0 Å². The van der Waals surface area contributed by atoms with E-state index in [1.165, 1.54) is 26.2 Å². The highest BCUT2D eigenvalue weighted by atomic mass is 16.5. The van der Waals surface area contributed by atoms with Crippen molar-refractivity contribution >= 4 is 35.2 Å². The summed E-state index contributed by atoms with van der Waals surface area (Å²) in [5.74, 6) is -2.61. The Labute approximate surface area is 161 Å². The fourth-order valence-corrected chi connectivity index (χ4v) is 3.46. The average Bonchev–Trinajstić information content (AvgIpc) is 2.90. The highest BCUT2D eigenvalue weighted by molar-refractivity contribution is 6.26. The van der Waals surface area contributed by atoms with Gasteiger partial charge >= 0.3 is 0 Å². The van der Waals surface area contributed by atoms with E-state index in [0.717, 1.165) is 9.80 Å². The minimum Gasteiger partial charge on any atom is -0.380 e. The number of nitrogens with one attached hydrogen (secondary N) is 1. The van der Waals surface area contributed by atoms with Crippen molar-refractivity contribution in [3.63, 3.8) is 0 Å². The van der Waals surface area contributed by atoms with Crippen LogP contribution < -0.4 is 5.32 Å². The summed E-state index contributed by atoms with van der Waals surface area (Å²) in [5.41, 5.74) is 0.400. The SMILES string of the molecule is CO[C@H](C)CN1C(=O)CCC(N2C(=O)c3cccc(NC(C)=O)c3C2=O)C1=O. The molecule has 1 N–H and O–H groups in total. The number of fused-ring (bicyclic) bond motifs is 1. The predicted molar refractivity (Wildman–Crippen MR) is 97.5 cm³/mol. The number of rotatable bonds is 5. The number of amides is 5. The van der Waals surface area contributed by atoms with Gasteiger partial charge in [-0.1, -0.05) is 6.07 Å². The number of hydrogen-bond acceptors (Lipinski definition) is 6. The first-order chi connectivity index (χ1) is 13.3. The molecule has 3 rings (SSSR count). The molecule has 2 atom stereocenters. The molecule has 2 aliphatic heterocycles. The monoisotopic (exact) mass is 387 g/mol. The van der Waals surface area contributed by atoms with Gasteiger partial charge in [0.05, 0.1) is 29.5 Å². The smallest absolute Gasteiger partial charge is 0.264 e. The number of likely N-dealkylation sites (tertiary alicyclic amines) is 1. The zero-order valence-electron chi connectivity index (χ0n) is 15.9. The molecule has 1 fully saturated rings. The molecule has 1 unspecified atom stereocenters. The predicted octanol–water partition coefficient (Wildman–Crippen LogP) is 0.793. The number of piperidine rings is 1. The standard InChI is InChI=1S/C19H21N3O6/c1-10(28-3)9-21-15(24)8-7-14(18(21)26)22-17(25)12-5-4-6-13(20-11(2)23)16(12)19(22)27/h4-6,10,14H,7-9H2,1-3H3,(H,20,23)/t10-,14?/m1/s1. The minimum absolute atomic E-state index is 0.0405. The minimum atomic E-state index is -1.07. The number of methoxy groups -OCH3 is 1. The van der Waals surface area contributed by atoms with Crippen LogP contribution >= 0.6 is 0 Å². The van der Waals surface area contributed by atoms with Crippen LogP contribution in [0.15, 0.2) is 18.2 Å². The largest absolute Gasteiger partial charge is 0.380 e. The lowest BCUT2D eigenvalue weighted by molar-refractivity contribution is -0.153. The van der Waals surface area contributed by atoms with Gasteiger partial charge in [-0.2, -0.15) is 0 Å². The first kappa shape index (κ1) is 19.7. The van der Waals surface area contributed by atoms with Crippen molar-refractivity contribution in [3.05, 3.63) is 29.3 Å². The van der Waals surface area contributed by atoms with E-state index < -0.39 is 23.8 Å². The average molecular weight is 387 g/mol. The first-order valence-corrected chi connectivity index (χ1v) is 8.91. The lowest BCUT2D eigenvalue weighted by Crippen LogP contribution is -2.57. The van der Waals surface area contributed by atoms with Crippen LogP contribution in [-0.2, 0) is 19.1 Å². The van der Waals surface area contributed by atoms with Gasteiger partial charge in [0.25, 0.3) is 17.7 Å². The topological polar surface area (TPSA) is 113 Å². The maximum absolute atomic E-state index is 13.0. The molecule has 2 heterocycles. The van der Waals surface area contributed by atoms with Gasteiger partial charge in [0.15, 0.2) is 0 Å². The highest BCUT2D eigenvalue weighted by Crippen LogP contribution is 2.33. The van der Waals surface area contributed by atoms with E-state index in [9.17, 15) is 24.0 Å². The van der Waals surface area contributed by atoms with Gasteiger partial charge < -0.3 is 10.1 Å². The first-order valence-electron chi connectivity index (χ1n) is 8.91. The van der Waals surface area contributed by atoms with Crippen molar-refractivity contribution in [3.8, 4) is 0 Å². The molecule has 9 heteroatoms. The molecule has 5 amide bonds. The Morgan fingerprint density at radius 2 is 1.96 bits per heavy atom. The molecule has 0 bridgehead atoms. The van der Waals surface area contributed by atoms with E-state index in [1.54, 1.807) is 13.0 Å². The second kappa shape index (κ2) is 7.51. The quantitative estimate of drug-likeness (QED) is 0.748. The van der Waals surface area contributed by atoms with Crippen LogP contribution in [0.5, 0.6) is 0 Å². The third-order valence-corrected chi connectivity index (χ3v) is 4.89. The van der Waals surface area contributed by atoms with Crippen molar-refractivity contribution < 1.29 is 28.7 Å². The molecule has 0 aromatic heterocycles. The Balaban J connectivity index is 1.93. The van der Waals surface area contributed by atoms with Gasteiger partial charge in [-0.05, 0) is 25.5 Å². The zero-order valence-corrected chi connectivity index (χ0v) is 15.9. The molecule has 28 heavy (non-hydrogen) atoms. The normalized spacial score (nSPS) is 20.5. The van der Waals surface area contributed by atoms with E-state index in [1.807, 2.05) is 0 Å². The second-order valence-corrected chi connectivity index (χ2v) is 6.83. The van der Waals surface area contributed by atoms with Crippen LogP contribution in [0.3, 0.4) is 0 Å².